The highest BCUT2D eigenvalue weighted by molar-refractivity contribution is 7.92. The summed E-state index contributed by atoms with van der Waals surface area (Å²) in [5.41, 5.74) is 0.415. The Balaban J connectivity index is 2.57. The minimum atomic E-state index is -4.09. The Hall–Kier alpha value is -2.15. The van der Waals surface area contributed by atoms with Crippen LogP contribution in [0.4, 0.5) is 10.1 Å². The van der Waals surface area contributed by atoms with E-state index < -0.39 is 20.7 Å². The van der Waals surface area contributed by atoms with Crippen molar-refractivity contribution in [1.82, 2.24) is 4.98 Å². The molecule has 0 saturated heterocycles. The first kappa shape index (κ1) is 14.3. The molecule has 0 fully saturated rings. The Morgan fingerprint density at radius 1 is 1.20 bits per heavy atom. The Bertz CT molecular complexity index is 705. The number of ether oxygens (including phenoxy) is 1. The molecular weight excluding hydrogens is 283 g/mol. The van der Waals surface area contributed by atoms with Gasteiger partial charge in [0.05, 0.1) is 12.8 Å². The fourth-order valence-electron chi connectivity index (χ4n) is 1.70. The van der Waals surface area contributed by atoms with E-state index in [1.807, 2.05) is 0 Å². The first-order valence-electron chi connectivity index (χ1n) is 5.71. The van der Waals surface area contributed by atoms with Gasteiger partial charge in [0.25, 0.3) is 10.0 Å². The van der Waals surface area contributed by atoms with E-state index in [0.29, 0.717) is 5.69 Å². The Morgan fingerprint density at radius 3 is 2.45 bits per heavy atom. The number of hydrogen-bond acceptors (Lipinski definition) is 4. The van der Waals surface area contributed by atoms with Crippen LogP contribution in [0.1, 0.15) is 0 Å². The van der Waals surface area contributed by atoms with Crippen molar-refractivity contribution in [3.63, 3.8) is 0 Å². The Labute approximate surface area is 116 Å². The highest BCUT2D eigenvalue weighted by Gasteiger charge is 2.29. The molecule has 0 aliphatic heterocycles. The van der Waals surface area contributed by atoms with Crippen LogP contribution in [0.5, 0.6) is 5.88 Å². The van der Waals surface area contributed by atoms with Crippen LogP contribution in [0.3, 0.4) is 0 Å². The Morgan fingerprint density at radius 2 is 1.85 bits per heavy atom. The first-order valence-corrected chi connectivity index (χ1v) is 7.15. The zero-order chi connectivity index (χ0) is 14.8. The number of rotatable bonds is 4. The molecule has 0 radical (unpaired) electrons. The molecule has 1 aromatic heterocycles. The number of halogens is 1. The fraction of sp³-hybridized carbons (Fsp3) is 0.154. The third-order valence-corrected chi connectivity index (χ3v) is 4.57. The van der Waals surface area contributed by atoms with Gasteiger partial charge in [-0.15, -0.1) is 0 Å². The maximum Gasteiger partial charge on any atom is 0.272 e. The molecular formula is C13H13FN2O3S. The number of methoxy groups -OCH3 is 1. The van der Waals surface area contributed by atoms with Gasteiger partial charge in [0.15, 0.2) is 10.7 Å². The zero-order valence-electron chi connectivity index (χ0n) is 10.9. The first-order chi connectivity index (χ1) is 9.48. The Kier molecular flexibility index (Phi) is 3.89. The van der Waals surface area contributed by atoms with E-state index in [9.17, 15) is 12.8 Å². The smallest absolute Gasteiger partial charge is 0.272 e. The second-order valence-electron chi connectivity index (χ2n) is 3.94. The van der Waals surface area contributed by atoms with Gasteiger partial charge in [-0.3, -0.25) is 4.31 Å². The van der Waals surface area contributed by atoms with Gasteiger partial charge >= 0.3 is 0 Å². The van der Waals surface area contributed by atoms with Gasteiger partial charge in [-0.1, -0.05) is 18.2 Å². The van der Waals surface area contributed by atoms with Crippen LogP contribution in [-0.4, -0.2) is 27.6 Å². The number of para-hydroxylation sites is 1. The molecule has 0 unspecified atom stereocenters. The lowest BCUT2D eigenvalue weighted by atomic mass is 10.3. The molecule has 106 valence electrons. The number of benzene rings is 1. The molecule has 1 aromatic carbocycles. The maximum atomic E-state index is 13.9. The maximum absolute atomic E-state index is 13.9. The summed E-state index contributed by atoms with van der Waals surface area (Å²) in [7, 11) is -1.51. The zero-order valence-corrected chi connectivity index (χ0v) is 11.8. The van der Waals surface area contributed by atoms with E-state index in [1.165, 1.54) is 14.2 Å². The van der Waals surface area contributed by atoms with Crippen LogP contribution < -0.4 is 9.04 Å². The number of sulfonamides is 1. The predicted molar refractivity (Wildman–Crippen MR) is 72.8 cm³/mol. The van der Waals surface area contributed by atoms with Gasteiger partial charge in [0.1, 0.15) is 0 Å². The van der Waals surface area contributed by atoms with Crippen LogP contribution in [0.2, 0.25) is 0 Å². The van der Waals surface area contributed by atoms with Crippen molar-refractivity contribution in [2.75, 3.05) is 18.5 Å². The lowest BCUT2D eigenvalue weighted by Gasteiger charge is -2.20. The molecule has 7 heteroatoms. The van der Waals surface area contributed by atoms with Crippen molar-refractivity contribution in [1.29, 1.82) is 0 Å². The average molecular weight is 296 g/mol. The largest absolute Gasteiger partial charge is 0.480 e. The number of nitrogens with zero attached hydrogens (tertiary/aromatic N) is 2. The van der Waals surface area contributed by atoms with E-state index in [0.717, 1.165) is 16.6 Å². The predicted octanol–water partition coefficient (Wildman–Crippen LogP) is 2.05. The summed E-state index contributed by atoms with van der Waals surface area (Å²) in [5.74, 6) is -1.17. The summed E-state index contributed by atoms with van der Waals surface area (Å²) < 4.78 is 44.7. The minimum Gasteiger partial charge on any atom is -0.480 e. The van der Waals surface area contributed by atoms with Crippen LogP contribution >= 0.6 is 0 Å². The third-order valence-electron chi connectivity index (χ3n) is 2.76. The molecule has 5 nitrogen and oxygen atoms in total. The highest BCUT2D eigenvalue weighted by atomic mass is 32.2. The van der Waals surface area contributed by atoms with E-state index in [1.54, 1.807) is 30.3 Å². The molecule has 0 aliphatic rings. The van der Waals surface area contributed by atoms with E-state index in [4.69, 9.17) is 4.74 Å². The van der Waals surface area contributed by atoms with Crippen molar-refractivity contribution in [3.8, 4) is 5.88 Å². The standard InChI is InChI=1S/C13H13FN2O3S/c1-16(10-6-4-3-5-7-10)20(17,18)12-11(14)8-9-15-13(12)19-2/h3-9H,1-2H3. The monoisotopic (exact) mass is 296 g/mol. The number of hydrogen-bond donors (Lipinski definition) is 0. The third kappa shape index (κ3) is 2.44. The van der Waals surface area contributed by atoms with Crippen molar-refractivity contribution in [3.05, 3.63) is 48.4 Å². The lowest BCUT2D eigenvalue weighted by molar-refractivity contribution is 0.376. The number of anilines is 1. The van der Waals surface area contributed by atoms with Crippen molar-refractivity contribution >= 4 is 15.7 Å². The number of pyridine rings is 1. The molecule has 2 rings (SSSR count). The average Bonchev–Trinajstić information content (AvgIpc) is 2.46. The molecule has 0 bridgehead atoms. The van der Waals surface area contributed by atoms with Gasteiger partial charge in [-0.05, 0) is 18.2 Å². The second-order valence-corrected chi connectivity index (χ2v) is 5.85. The highest BCUT2D eigenvalue weighted by Crippen LogP contribution is 2.29. The van der Waals surface area contributed by atoms with Crippen LogP contribution in [0.25, 0.3) is 0 Å². The molecule has 20 heavy (non-hydrogen) atoms. The van der Waals surface area contributed by atoms with Gasteiger partial charge in [0, 0.05) is 13.2 Å². The van der Waals surface area contributed by atoms with Gasteiger partial charge in [-0.2, -0.15) is 0 Å². The van der Waals surface area contributed by atoms with Crippen molar-refractivity contribution in [2.45, 2.75) is 4.90 Å². The molecule has 0 spiro atoms. The van der Waals surface area contributed by atoms with Crippen LogP contribution in [0, 0.1) is 5.82 Å². The molecule has 1 heterocycles. The molecule has 0 N–H and O–H groups in total. The summed E-state index contributed by atoms with van der Waals surface area (Å²) in [6.07, 6.45) is 1.15. The lowest BCUT2D eigenvalue weighted by Crippen LogP contribution is -2.28. The quantitative estimate of drug-likeness (QED) is 0.866. The molecule has 0 aliphatic carbocycles. The van der Waals surface area contributed by atoms with Crippen LogP contribution in [-0.2, 0) is 10.0 Å². The summed E-state index contributed by atoms with van der Waals surface area (Å²) in [5, 5.41) is 0. The minimum absolute atomic E-state index is 0.271. The molecule has 0 amide bonds. The molecule has 2 aromatic rings. The molecule has 0 atom stereocenters. The van der Waals surface area contributed by atoms with Gasteiger partial charge < -0.3 is 4.74 Å². The normalized spacial score (nSPS) is 11.2. The summed E-state index contributed by atoms with van der Waals surface area (Å²) in [6.45, 7) is 0. The van der Waals surface area contributed by atoms with Crippen molar-refractivity contribution in [2.24, 2.45) is 0 Å². The second kappa shape index (κ2) is 5.46. The summed E-state index contributed by atoms with van der Waals surface area (Å²) in [4.78, 5) is 3.16. The van der Waals surface area contributed by atoms with Gasteiger partial charge in [-0.25, -0.2) is 17.8 Å². The fourth-order valence-corrected chi connectivity index (χ4v) is 3.04. The topological polar surface area (TPSA) is 59.5 Å². The van der Waals surface area contributed by atoms with E-state index >= 15 is 0 Å². The molecule has 0 saturated carbocycles. The summed E-state index contributed by atoms with van der Waals surface area (Å²) in [6, 6.07) is 9.34. The van der Waals surface area contributed by atoms with Gasteiger partial charge in [0.2, 0.25) is 5.88 Å². The van der Waals surface area contributed by atoms with Crippen LogP contribution in [0.15, 0.2) is 47.5 Å². The van der Waals surface area contributed by atoms with E-state index in [-0.39, 0.29) is 5.88 Å². The SMILES string of the molecule is COc1nccc(F)c1S(=O)(=O)N(C)c1ccccc1. The van der Waals surface area contributed by atoms with Crippen molar-refractivity contribution < 1.29 is 17.5 Å². The summed E-state index contributed by atoms with van der Waals surface area (Å²) >= 11 is 0. The number of aromatic nitrogens is 1. The van der Waals surface area contributed by atoms with E-state index in [2.05, 4.69) is 4.98 Å².